The monoisotopic (exact) mass is 598 g/mol. The van der Waals surface area contributed by atoms with Gasteiger partial charge in [-0.3, -0.25) is 9.36 Å². The van der Waals surface area contributed by atoms with E-state index < -0.39 is 5.92 Å². The van der Waals surface area contributed by atoms with Crippen molar-refractivity contribution in [3.05, 3.63) is 81.6 Å². The number of nitriles is 2. The summed E-state index contributed by atoms with van der Waals surface area (Å²) in [4.78, 5) is 13.3. The molecule has 0 fully saturated rings. The van der Waals surface area contributed by atoms with Crippen molar-refractivity contribution in [2.45, 2.75) is 5.92 Å². The van der Waals surface area contributed by atoms with Crippen LogP contribution in [0.2, 0.25) is 0 Å². The second-order valence-electron chi connectivity index (χ2n) is 7.21. The molecule has 0 unspecified atom stereocenters. The molecular weight excluding hydrogens is 584 g/mol. The minimum absolute atomic E-state index is 0.0188. The van der Waals surface area contributed by atoms with Gasteiger partial charge >= 0.3 is 0 Å². The van der Waals surface area contributed by atoms with Gasteiger partial charge in [-0.25, -0.2) is 0 Å². The first kappa shape index (κ1) is 23.8. The average molecular weight is 600 g/mol. The zero-order valence-corrected chi connectivity index (χ0v) is 21.9. The van der Waals surface area contributed by atoms with E-state index in [9.17, 15) is 15.3 Å². The van der Waals surface area contributed by atoms with Crippen molar-refractivity contribution in [1.82, 2.24) is 4.57 Å². The summed E-state index contributed by atoms with van der Waals surface area (Å²) in [7, 11) is 3.12. The Morgan fingerprint density at radius 1 is 1.03 bits per heavy atom. The van der Waals surface area contributed by atoms with E-state index in [4.69, 9.17) is 15.2 Å². The van der Waals surface area contributed by atoms with Gasteiger partial charge in [0.05, 0.1) is 56.9 Å². The molecule has 170 valence electrons. The summed E-state index contributed by atoms with van der Waals surface area (Å²) >= 11 is 8.06. The number of nitrogens with zero attached hydrogens (tertiary/aromatic N) is 3. The lowest BCUT2D eigenvalue weighted by Crippen LogP contribution is -2.38. The summed E-state index contributed by atoms with van der Waals surface area (Å²) in [5.74, 6) is 0.589. The van der Waals surface area contributed by atoms with Gasteiger partial charge < -0.3 is 15.2 Å². The van der Waals surface area contributed by atoms with Gasteiger partial charge in [-0.05, 0) is 73.3 Å². The molecule has 2 N–H and O–H groups in total. The van der Waals surface area contributed by atoms with Crippen molar-refractivity contribution < 1.29 is 9.47 Å². The number of hydrogen-bond donors (Lipinski definition) is 1. The van der Waals surface area contributed by atoms with Crippen LogP contribution in [0.25, 0.3) is 17.5 Å². The number of methoxy groups -OCH3 is 2. The van der Waals surface area contributed by atoms with Crippen LogP contribution in [0, 0.1) is 22.7 Å². The molecule has 4 rings (SSSR count). The molecule has 2 heterocycles. The average Bonchev–Trinajstić information content (AvgIpc) is 3.15. The fourth-order valence-corrected chi connectivity index (χ4v) is 6.02. The van der Waals surface area contributed by atoms with Gasteiger partial charge in [0, 0.05) is 0 Å². The highest BCUT2D eigenvalue weighted by Crippen LogP contribution is 2.38. The molecule has 1 aliphatic heterocycles. The Labute approximate surface area is 215 Å². The molecule has 0 radical (unpaired) electrons. The van der Waals surface area contributed by atoms with Crippen molar-refractivity contribution in [3.63, 3.8) is 0 Å². The van der Waals surface area contributed by atoms with E-state index in [1.165, 1.54) is 4.57 Å². The summed E-state index contributed by atoms with van der Waals surface area (Å²) in [6.07, 6.45) is 1.72. The van der Waals surface area contributed by atoms with Gasteiger partial charge in [0.2, 0.25) is 0 Å². The predicted octanol–water partition coefficient (Wildman–Crippen LogP) is 3.40. The molecule has 10 heteroatoms. The number of ether oxygens (including phenoxy) is 2. The Morgan fingerprint density at radius 2 is 1.65 bits per heavy atom. The van der Waals surface area contributed by atoms with E-state index >= 15 is 0 Å². The van der Waals surface area contributed by atoms with Crippen molar-refractivity contribution >= 4 is 60.7 Å². The van der Waals surface area contributed by atoms with Crippen LogP contribution in [-0.4, -0.2) is 18.8 Å². The first-order valence-electron chi connectivity index (χ1n) is 9.79. The van der Waals surface area contributed by atoms with Crippen molar-refractivity contribution in [3.8, 4) is 23.6 Å². The molecule has 1 atom stereocenters. The molecular formula is C24H16Br2N4O3S. The minimum atomic E-state index is -0.710. The largest absolute Gasteiger partial charge is 0.496 e. The normalized spacial score (nSPS) is 15.5. The maximum Gasteiger partial charge on any atom is 0.274 e. The number of aromatic nitrogens is 1. The van der Waals surface area contributed by atoms with Gasteiger partial charge in [0.15, 0.2) is 0 Å². The first-order valence-corrected chi connectivity index (χ1v) is 12.2. The lowest BCUT2D eigenvalue weighted by atomic mass is 9.84. The first-order chi connectivity index (χ1) is 16.3. The Morgan fingerprint density at radius 3 is 2.21 bits per heavy atom. The summed E-state index contributed by atoms with van der Waals surface area (Å²) in [6.45, 7) is 0. The van der Waals surface area contributed by atoms with E-state index in [1.807, 2.05) is 12.1 Å². The van der Waals surface area contributed by atoms with E-state index in [2.05, 4.69) is 44.0 Å². The highest BCUT2D eigenvalue weighted by Gasteiger charge is 2.32. The summed E-state index contributed by atoms with van der Waals surface area (Å²) in [5, 5.41) is 20.0. The fraction of sp³-hybridized carbons (Fsp3) is 0.125. The summed E-state index contributed by atoms with van der Waals surface area (Å²) in [6, 6.07) is 15.1. The molecule has 0 aliphatic carbocycles. The van der Waals surface area contributed by atoms with E-state index in [-0.39, 0.29) is 22.5 Å². The Bertz CT molecular complexity index is 1620. The summed E-state index contributed by atoms with van der Waals surface area (Å²) in [5.41, 5.74) is 7.81. The topological polar surface area (TPSA) is 114 Å². The molecule has 7 nitrogen and oxygen atoms in total. The molecule has 34 heavy (non-hydrogen) atoms. The number of benzene rings is 2. The van der Waals surface area contributed by atoms with Crippen LogP contribution < -0.4 is 30.0 Å². The van der Waals surface area contributed by atoms with E-state index in [1.54, 1.807) is 44.6 Å². The number of fused-ring (bicyclic) bond motifs is 1. The molecule has 0 saturated heterocycles. The van der Waals surface area contributed by atoms with E-state index in [0.717, 1.165) is 21.4 Å². The third-order valence-electron chi connectivity index (χ3n) is 5.37. The third-order valence-corrected chi connectivity index (χ3v) is 7.72. The molecule has 3 aromatic rings. The van der Waals surface area contributed by atoms with Crippen molar-refractivity contribution in [2.75, 3.05) is 14.2 Å². The number of hydrogen-bond acceptors (Lipinski definition) is 7. The van der Waals surface area contributed by atoms with Crippen LogP contribution >= 0.6 is 43.2 Å². The van der Waals surface area contributed by atoms with Crippen LogP contribution in [0.5, 0.6) is 11.5 Å². The number of allylic oxidation sites excluding steroid dienone is 1. The lowest BCUT2D eigenvalue weighted by molar-refractivity contribution is 0.412. The van der Waals surface area contributed by atoms with Gasteiger partial charge in [-0.2, -0.15) is 10.5 Å². The molecule has 2 aromatic carbocycles. The maximum atomic E-state index is 13.3. The van der Waals surface area contributed by atoms with Crippen LogP contribution in [0.4, 0.5) is 0 Å². The van der Waals surface area contributed by atoms with Gasteiger partial charge in [0.1, 0.15) is 22.0 Å². The molecule has 0 amide bonds. The Hall–Kier alpha value is -3.31. The zero-order chi connectivity index (χ0) is 24.6. The molecule has 1 aliphatic rings. The highest BCUT2D eigenvalue weighted by atomic mass is 79.9. The second kappa shape index (κ2) is 9.51. The third kappa shape index (κ3) is 3.94. The standard InChI is InChI=1S/C24H16Br2N4O3S/c1-32-18-5-3-12(7-16(18)25)8-20-23(31)30-22(29)14(10-27)21(15(11-28)24(30)34-20)13-4-6-19(33-2)17(26)9-13/h3-9,21H,29H2,1-2H3/b20-8+/t21-/m1/s1. The van der Waals surface area contributed by atoms with Crippen LogP contribution in [0.15, 0.2) is 55.7 Å². The quantitative estimate of drug-likeness (QED) is 0.492. The summed E-state index contributed by atoms with van der Waals surface area (Å²) < 4.78 is 14.0. The fourth-order valence-electron chi connectivity index (χ4n) is 3.77. The molecule has 1 aromatic heterocycles. The number of halogens is 2. The molecule has 0 saturated carbocycles. The maximum absolute atomic E-state index is 13.3. The predicted molar refractivity (Wildman–Crippen MR) is 138 cm³/mol. The Kier molecular flexibility index (Phi) is 6.67. The highest BCUT2D eigenvalue weighted by molar-refractivity contribution is 9.10. The number of rotatable bonds is 4. The van der Waals surface area contributed by atoms with Gasteiger partial charge in [0.25, 0.3) is 5.56 Å². The van der Waals surface area contributed by atoms with Crippen molar-refractivity contribution in [2.24, 2.45) is 5.73 Å². The molecule has 0 bridgehead atoms. The number of thiazole rings is 1. The SMILES string of the molecule is COc1ccc(/C=c2/sc3n(c2=O)C(N)=C(C#N)[C@@H](c2ccc(OC)c(Br)c2)C=3C#N)cc1Br. The Balaban J connectivity index is 2.00. The van der Waals surface area contributed by atoms with Crippen LogP contribution in [0.3, 0.4) is 0 Å². The van der Waals surface area contributed by atoms with Crippen molar-refractivity contribution in [1.29, 1.82) is 10.5 Å². The van der Waals surface area contributed by atoms with E-state index in [0.29, 0.717) is 30.7 Å². The van der Waals surface area contributed by atoms with Gasteiger partial charge in [-0.1, -0.05) is 12.1 Å². The number of nitrogens with two attached hydrogens (primary N) is 1. The van der Waals surface area contributed by atoms with Crippen LogP contribution in [-0.2, 0) is 0 Å². The molecule has 0 spiro atoms. The minimum Gasteiger partial charge on any atom is -0.496 e. The lowest BCUT2D eigenvalue weighted by Gasteiger charge is -2.22. The van der Waals surface area contributed by atoms with Crippen LogP contribution in [0.1, 0.15) is 17.0 Å². The smallest absolute Gasteiger partial charge is 0.274 e. The van der Waals surface area contributed by atoms with Gasteiger partial charge in [-0.15, -0.1) is 11.3 Å². The second-order valence-corrected chi connectivity index (χ2v) is 9.95. The zero-order valence-electron chi connectivity index (χ0n) is 17.9.